The van der Waals surface area contributed by atoms with Crippen LogP contribution in [-0.2, 0) is 13.5 Å². The van der Waals surface area contributed by atoms with Crippen LogP contribution in [0.15, 0.2) is 12.4 Å². The minimum Gasteiger partial charge on any atom is -0.338 e. The summed E-state index contributed by atoms with van der Waals surface area (Å²) in [5.74, 6) is 1.16. The first kappa shape index (κ1) is 12.7. The van der Waals surface area contributed by atoms with Gasteiger partial charge in [0.25, 0.3) is 0 Å². The van der Waals surface area contributed by atoms with Crippen LogP contribution < -0.4 is 0 Å². The van der Waals surface area contributed by atoms with Crippen molar-refractivity contribution in [1.29, 1.82) is 0 Å². The van der Waals surface area contributed by atoms with Gasteiger partial charge in [0, 0.05) is 50.3 Å². The van der Waals surface area contributed by atoms with Crippen molar-refractivity contribution < 1.29 is 0 Å². The zero-order valence-corrected chi connectivity index (χ0v) is 11.4. The minimum atomic E-state index is 0.600. The lowest BCUT2D eigenvalue weighted by Crippen LogP contribution is -2.34. The molecule has 1 rings (SSSR count). The van der Waals surface area contributed by atoms with E-state index in [-0.39, 0.29) is 0 Å². The van der Waals surface area contributed by atoms with E-state index >= 15 is 0 Å². The van der Waals surface area contributed by atoms with Crippen LogP contribution in [0.1, 0.15) is 19.7 Å². The molecule has 0 unspecified atom stereocenters. The molecule has 15 heavy (non-hydrogen) atoms. The van der Waals surface area contributed by atoms with E-state index in [0.717, 1.165) is 30.7 Å². The Balaban J connectivity index is 2.43. The van der Waals surface area contributed by atoms with Crippen molar-refractivity contribution in [3.05, 3.63) is 18.2 Å². The Kier molecular flexibility index (Phi) is 5.32. The summed E-state index contributed by atoms with van der Waals surface area (Å²) in [7, 11) is 2.05. The Hall–Kier alpha value is -0.350. The number of alkyl halides is 1. The maximum Gasteiger partial charge on any atom is 0.109 e. The molecule has 0 N–H and O–H groups in total. The lowest BCUT2D eigenvalue weighted by atomic mass is 10.3. The molecule has 0 bridgehead atoms. The first-order valence-corrected chi connectivity index (χ1v) is 6.53. The standard InChI is InChI=1S/C11H20BrN3/c1-10(2)15(8-5-12)7-4-11-13-6-9-14(11)3/h6,9-10H,4-5,7-8H2,1-3H3. The second-order valence-corrected chi connectivity index (χ2v) is 4.82. The summed E-state index contributed by atoms with van der Waals surface area (Å²) in [6.07, 6.45) is 4.88. The first-order valence-electron chi connectivity index (χ1n) is 5.41. The monoisotopic (exact) mass is 273 g/mol. The molecule has 0 fully saturated rings. The van der Waals surface area contributed by atoms with Crippen LogP contribution in [0, 0.1) is 0 Å². The summed E-state index contributed by atoms with van der Waals surface area (Å²) < 4.78 is 2.09. The third-order valence-electron chi connectivity index (χ3n) is 2.65. The number of nitrogens with zero attached hydrogens (tertiary/aromatic N) is 3. The molecule has 1 aromatic heterocycles. The van der Waals surface area contributed by atoms with Gasteiger partial charge in [-0.05, 0) is 13.8 Å². The molecule has 1 heterocycles. The predicted molar refractivity (Wildman–Crippen MR) is 67.4 cm³/mol. The highest BCUT2D eigenvalue weighted by Crippen LogP contribution is 2.03. The Morgan fingerprint density at radius 2 is 2.20 bits per heavy atom. The van der Waals surface area contributed by atoms with Crippen LogP contribution in [0.5, 0.6) is 0 Å². The molecule has 3 nitrogen and oxygen atoms in total. The van der Waals surface area contributed by atoms with E-state index < -0.39 is 0 Å². The van der Waals surface area contributed by atoms with Crippen molar-refractivity contribution in [1.82, 2.24) is 14.5 Å². The normalized spacial score (nSPS) is 11.6. The molecule has 0 saturated heterocycles. The molecule has 86 valence electrons. The molecule has 0 atom stereocenters. The number of imidazole rings is 1. The van der Waals surface area contributed by atoms with Gasteiger partial charge in [0.2, 0.25) is 0 Å². The van der Waals surface area contributed by atoms with Crippen LogP contribution in [0.3, 0.4) is 0 Å². The molecule has 0 aliphatic carbocycles. The molecule has 0 aliphatic rings. The lowest BCUT2D eigenvalue weighted by molar-refractivity contribution is 0.237. The fourth-order valence-corrected chi connectivity index (χ4v) is 2.07. The molecule has 0 radical (unpaired) electrons. The fraction of sp³-hybridized carbons (Fsp3) is 0.727. The van der Waals surface area contributed by atoms with Crippen LogP contribution >= 0.6 is 15.9 Å². The molecule has 4 heteroatoms. The van der Waals surface area contributed by atoms with E-state index in [0.29, 0.717) is 6.04 Å². The summed E-state index contributed by atoms with van der Waals surface area (Å²) in [5.41, 5.74) is 0. The van der Waals surface area contributed by atoms with Crippen LogP contribution in [0.25, 0.3) is 0 Å². The summed E-state index contributed by atoms with van der Waals surface area (Å²) >= 11 is 3.49. The van der Waals surface area contributed by atoms with Crippen molar-refractivity contribution in [3.63, 3.8) is 0 Å². The van der Waals surface area contributed by atoms with Gasteiger partial charge in [-0.15, -0.1) is 0 Å². The maximum atomic E-state index is 4.33. The van der Waals surface area contributed by atoms with Gasteiger partial charge in [0.15, 0.2) is 0 Å². The van der Waals surface area contributed by atoms with Gasteiger partial charge in [-0.2, -0.15) is 0 Å². The molecular weight excluding hydrogens is 254 g/mol. The van der Waals surface area contributed by atoms with E-state index in [2.05, 4.69) is 44.2 Å². The Labute approximate surface area is 101 Å². The van der Waals surface area contributed by atoms with Gasteiger partial charge in [-0.1, -0.05) is 15.9 Å². The fourth-order valence-electron chi connectivity index (χ4n) is 1.62. The number of aromatic nitrogens is 2. The van der Waals surface area contributed by atoms with Gasteiger partial charge in [-0.25, -0.2) is 4.98 Å². The van der Waals surface area contributed by atoms with Gasteiger partial charge < -0.3 is 4.57 Å². The first-order chi connectivity index (χ1) is 7.15. The van der Waals surface area contributed by atoms with Crippen molar-refractivity contribution >= 4 is 15.9 Å². The van der Waals surface area contributed by atoms with Crippen molar-refractivity contribution in [3.8, 4) is 0 Å². The Morgan fingerprint density at radius 3 is 2.67 bits per heavy atom. The molecule has 0 amide bonds. The number of aryl methyl sites for hydroxylation is 1. The topological polar surface area (TPSA) is 21.1 Å². The van der Waals surface area contributed by atoms with Crippen LogP contribution in [0.2, 0.25) is 0 Å². The van der Waals surface area contributed by atoms with Crippen LogP contribution in [0.4, 0.5) is 0 Å². The number of halogens is 1. The second kappa shape index (κ2) is 6.28. The Bertz CT molecular complexity index is 283. The zero-order valence-electron chi connectivity index (χ0n) is 9.78. The number of hydrogen-bond donors (Lipinski definition) is 0. The van der Waals surface area contributed by atoms with Crippen molar-refractivity contribution in [2.45, 2.75) is 26.3 Å². The van der Waals surface area contributed by atoms with E-state index in [1.54, 1.807) is 0 Å². The summed E-state index contributed by atoms with van der Waals surface area (Å²) in [4.78, 5) is 6.79. The van der Waals surface area contributed by atoms with E-state index in [4.69, 9.17) is 0 Å². The highest BCUT2D eigenvalue weighted by Gasteiger charge is 2.09. The summed E-state index contributed by atoms with van der Waals surface area (Å²) in [5, 5.41) is 1.03. The molecule has 0 spiro atoms. The van der Waals surface area contributed by atoms with E-state index in [1.165, 1.54) is 0 Å². The largest absolute Gasteiger partial charge is 0.338 e. The van der Waals surface area contributed by atoms with Crippen molar-refractivity contribution in [2.24, 2.45) is 7.05 Å². The smallest absolute Gasteiger partial charge is 0.109 e. The van der Waals surface area contributed by atoms with Gasteiger partial charge in [-0.3, -0.25) is 4.90 Å². The molecular formula is C11H20BrN3. The zero-order chi connectivity index (χ0) is 11.3. The number of hydrogen-bond acceptors (Lipinski definition) is 2. The average molecular weight is 274 g/mol. The Morgan fingerprint density at radius 1 is 1.47 bits per heavy atom. The van der Waals surface area contributed by atoms with Gasteiger partial charge in [0.05, 0.1) is 0 Å². The lowest BCUT2D eigenvalue weighted by Gasteiger charge is -2.25. The third-order valence-corrected chi connectivity index (χ3v) is 3.00. The third kappa shape index (κ3) is 3.95. The van der Waals surface area contributed by atoms with Crippen molar-refractivity contribution in [2.75, 3.05) is 18.4 Å². The average Bonchev–Trinajstić information content (AvgIpc) is 2.58. The highest BCUT2D eigenvalue weighted by atomic mass is 79.9. The summed E-state index contributed by atoms with van der Waals surface area (Å²) in [6.45, 7) is 6.65. The minimum absolute atomic E-state index is 0.600. The van der Waals surface area contributed by atoms with E-state index in [9.17, 15) is 0 Å². The van der Waals surface area contributed by atoms with Gasteiger partial charge >= 0.3 is 0 Å². The second-order valence-electron chi connectivity index (χ2n) is 4.02. The molecule has 0 aromatic carbocycles. The molecule has 0 aliphatic heterocycles. The SMILES string of the molecule is CC(C)N(CCBr)CCc1nccn1C. The predicted octanol–water partition coefficient (Wildman–Crippen LogP) is 2.07. The van der Waals surface area contributed by atoms with E-state index in [1.807, 2.05) is 19.4 Å². The number of rotatable bonds is 6. The molecule has 1 aromatic rings. The quantitative estimate of drug-likeness (QED) is 0.740. The summed E-state index contributed by atoms with van der Waals surface area (Å²) in [6, 6.07) is 0.600. The molecule has 0 saturated carbocycles. The van der Waals surface area contributed by atoms with Gasteiger partial charge in [0.1, 0.15) is 5.82 Å². The maximum absolute atomic E-state index is 4.33. The highest BCUT2D eigenvalue weighted by molar-refractivity contribution is 9.09. The van der Waals surface area contributed by atoms with Crippen LogP contribution in [-0.4, -0.2) is 38.9 Å².